The molecule has 1 atom stereocenters. The predicted octanol–water partition coefficient (Wildman–Crippen LogP) is 3.47. The minimum Gasteiger partial charge on any atom is -0.487 e. The highest BCUT2D eigenvalue weighted by atomic mass is 16.5. The molecule has 0 saturated heterocycles. The van der Waals surface area contributed by atoms with Crippen molar-refractivity contribution in [2.24, 2.45) is 0 Å². The van der Waals surface area contributed by atoms with E-state index in [0.717, 1.165) is 36.5 Å². The fourth-order valence-electron chi connectivity index (χ4n) is 3.33. The van der Waals surface area contributed by atoms with Gasteiger partial charge in [-0.1, -0.05) is 25.1 Å². The van der Waals surface area contributed by atoms with E-state index in [0.29, 0.717) is 12.6 Å². The summed E-state index contributed by atoms with van der Waals surface area (Å²) in [5.74, 6) is 2.06. The van der Waals surface area contributed by atoms with E-state index in [1.54, 1.807) is 0 Å². The number of aromatic nitrogens is 3. The molecule has 0 bridgehead atoms. The summed E-state index contributed by atoms with van der Waals surface area (Å²) in [6, 6.07) is 12.4. The largest absolute Gasteiger partial charge is 0.487 e. The number of anilines is 1. The Labute approximate surface area is 141 Å². The van der Waals surface area contributed by atoms with Crippen molar-refractivity contribution in [2.75, 3.05) is 11.4 Å². The Balaban J connectivity index is 1.72. The Morgan fingerprint density at radius 3 is 2.83 bits per heavy atom. The van der Waals surface area contributed by atoms with E-state index in [2.05, 4.69) is 23.8 Å². The van der Waals surface area contributed by atoms with E-state index in [9.17, 15) is 0 Å². The third-order valence-corrected chi connectivity index (χ3v) is 4.81. The Bertz CT molecular complexity index is 843. The second kappa shape index (κ2) is 6.15. The number of hydrogen-bond donors (Lipinski definition) is 0. The average molecular weight is 322 g/mol. The van der Waals surface area contributed by atoms with Gasteiger partial charge in [-0.15, -0.1) is 0 Å². The maximum absolute atomic E-state index is 5.95. The molecule has 3 aromatic rings. The van der Waals surface area contributed by atoms with E-state index < -0.39 is 0 Å². The van der Waals surface area contributed by atoms with Crippen LogP contribution in [0.3, 0.4) is 0 Å². The number of para-hydroxylation sites is 1. The van der Waals surface area contributed by atoms with Crippen molar-refractivity contribution < 1.29 is 4.74 Å². The molecule has 0 radical (unpaired) electrons. The molecule has 0 fully saturated rings. The highest BCUT2D eigenvalue weighted by Crippen LogP contribution is 2.33. The van der Waals surface area contributed by atoms with Crippen molar-refractivity contribution in [3.05, 3.63) is 53.9 Å². The maximum Gasteiger partial charge on any atom is 0.157 e. The molecular formula is C19H22N4O. The van der Waals surface area contributed by atoms with Crippen LogP contribution in [0.15, 0.2) is 42.6 Å². The van der Waals surface area contributed by atoms with Crippen molar-refractivity contribution in [1.82, 2.24) is 14.6 Å². The average Bonchev–Trinajstić information content (AvgIpc) is 3.26. The molecule has 1 aliphatic heterocycles. The first-order valence-corrected chi connectivity index (χ1v) is 8.58. The van der Waals surface area contributed by atoms with Crippen LogP contribution < -0.4 is 9.64 Å². The molecule has 0 spiro atoms. The number of rotatable bonds is 5. The zero-order valence-electron chi connectivity index (χ0n) is 14.1. The molecule has 1 aliphatic rings. The van der Waals surface area contributed by atoms with Crippen LogP contribution in [0.2, 0.25) is 0 Å². The Hall–Kier alpha value is -2.56. The van der Waals surface area contributed by atoms with Gasteiger partial charge in [0.2, 0.25) is 0 Å². The Morgan fingerprint density at radius 1 is 1.21 bits per heavy atom. The second-order valence-electron chi connectivity index (χ2n) is 6.26. The van der Waals surface area contributed by atoms with E-state index in [1.165, 1.54) is 11.4 Å². The van der Waals surface area contributed by atoms with Crippen molar-refractivity contribution in [3.8, 4) is 5.75 Å². The van der Waals surface area contributed by atoms with Crippen LogP contribution in [0.25, 0.3) is 5.65 Å². The van der Waals surface area contributed by atoms with Gasteiger partial charge in [0.05, 0.1) is 11.9 Å². The SMILES string of the molecule is CCC(C)N1CCc2c(COc3ccccc3)nc3ccnn3c21. The van der Waals surface area contributed by atoms with Gasteiger partial charge in [-0.2, -0.15) is 9.61 Å². The van der Waals surface area contributed by atoms with Gasteiger partial charge in [-0.05, 0) is 31.9 Å². The topological polar surface area (TPSA) is 42.7 Å². The van der Waals surface area contributed by atoms with Crippen LogP contribution in [0.1, 0.15) is 31.5 Å². The third-order valence-electron chi connectivity index (χ3n) is 4.81. The molecule has 124 valence electrons. The van der Waals surface area contributed by atoms with Crippen molar-refractivity contribution in [2.45, 2.75) is 39.3 Å². The van der Waals surface area contributed by atoms with Gasteiger partial charge < -0.3 is 9.64 Å². The molecular weight excluding hydrogens is 300 g/mol. The lowest BCUT2D eigenvalue weighted by Gasteiger charge is -2.26. The van der Waals surface area contributed by atoms with Crippen LogP contribution in [0.5, 0.6) is 5.75 Å². The van der Waals surface area contributed by atoms with Gasteiger partial charge in [0.25, 0.3) is 0 Å². The molecule has 0 saturated carbocycles. The first kappa shape index (κ1) is 15.0. The normalized spacial score (nSPS) is 14.8. The zero-order chi connectivity index (χ0) is 16.5. The lowest BCUT2D eigenvalue weighted by molar-refractivity contribution is 0.300. The first-order chi connectivity index (χ1) is 11.8. The Morgan fingerprint density at radius 2 is 2.04 bits per heavy atom. The minimum atomic E-state index is 0.488. The fourth-order valence-corrected chi connectivity index (χ4v) is 3.33. The number of fused-ring (bicyclic) bond motifs is 3. The third kappa shape index (κ3) is 2.50. The van der Waals surface area contributed by atoms with Crippen LogP contribution in [0, 0.1) is 0 Å². The molecule has 1 unspecified atom stereocenters. The van der Waals surface area contributed by atoms with Gasteiger partial charge in [-0.25, -0.2) is 4.98 Å². The molecule has 5 heteroatoms. The van der Waals surface area contributed by atoms with Crippen molar-refractivity contribution in [3.63, 3.8) is 0 Å². The summed E-state index contributed by atoms with van der Waals surface area (Å²) in [5, 5.41) is 4.49. The highest BCUT2D eigenvalue weighted by Gasteiger charge is 2.29. The fraction of sp³-hybridized carbons (Fsp3) is 0.368. The summed E-state index contributed by atoms with van der Waals surface area (Å²) in [5.41, 5.74) is 3.17. The van der Waals surface area contributed by atoms with E-state index in [4.69, 9.17) is 9.72 Å². The van der Waals surface area contributed by atoms with Gasteiger partial charge >= 0.3 is 0 Å². The first-order valence-electron chi connectivity index (χ1n) is 8.58. The molecule has 1 aromatic carbocycles. The van der Waals surface area contributed by atoms with Gasteiger partial charge in [0.1, 0.15) is 18.2 Å². The summed E-state index contributed by atoms with van der Waals surface area (Å²) in [6.07, 6.45) is 3.92. The summed E-state index contributed by atoms with van der Waals surface area (Å²) >= 11 is 0. The van der Waals surface area contributed by atoms with Gasteiger partial charge in [0, 0.05) is 24.2 Å². The number of hydrogen-bond acceptors (Lipinski definition) is 4. The zero-order valence-corrected chi connectivity index (χ0v) is 14.1. The molecule has 5 nitrogen and oxygen atoms in total. The van der Waals surface area contributed by atoms with E-state index in [1.807, 2.05) is 47.1 Å². The highest BCUT2D eigenvalue weighted by molar-refractivity contribution is 5.60. The molecule has 3 heterocycles. The molecule has 0 aliphatic carbocycles. The predicted molar refractivity (Wildman–Crippen MR) is 94.6 cm³/mol. The lowest BCUT2D eigenvalue weighted by Crippen LogP contribution is -2.32. The number of ether oxygens (including phenoxy) is 1. The maximum atomic E-state index is 5.95. The Kier molecular flexibility index (Phi) is 3.84. The van der Waals surface area contributed by atoms with Gasteiger partial charge in [-0.3, -0.25) is 0 Å². The van der Waals surface area contributed by atoms with Crippen LogP contribution in [-0.4, -0.2) is 27.2 Å². The summed E-state index contributed by atoms with van der Waals surface area (Å²) < 4.78 is 7.93. The summed E-state index contributed by atoms with van der Waals surface area (Å²) in [6.45, 7) is 6.00. The van der Waals surface area contributed by atoms with Crippen LogP contribution in [-0.2, 0) is 13.0 Å². The number of benzene rings is 1. The smallest absolute Gasteiger partial charge is 0.157 e. The van der Waals surface area contributed by atoms with Crippen molar-refractivity contribution in [1.29, 1.82) is 0 Å². The molecule has 0 amide bonds. The van der Waals surface area contributed by atoms with E-state index >= 15 is 0 Å². The molecule has 2 aromatic heterocycles. The molecule has 24 heavy (non-hydrogen) atoms. The van der Waals surface area contributed by atoms with Gasteiger partial charge in [0.15, 0.2) is 5.65 Å². The molecule has 0 N–H and O–H groups in total. The van der Waals surface area contributed by atoms with Crippen LogP contribution in [0.4, 0.5) is 5.82 Å². The standard InChI is InChI=1S/C19H22N4O/c1-3-14(2)22-12-10-16-17(13-24-15-7-5-4-6-8-15)21-18-9-11-20-23(18)19(16)22/h4-9,11,14H,3,10,12-13H2,1-2H3. The van der Waals surface area contributed by atoms with Crippen molar-refractivity contribution >= 4 is 11.5 Å². The van der Waals surface area contributed by atoms with E-state index in [-0.39, 0.29) is 0 Å². The molecule has 4 rings (SSSR count). The summed E-state index contributed by atoms with van der Waals surface area (Å²) in [4.78, 5) is 7.24. The lowest BCUT2D eigenvalue weighted by atomic mass is 10.2. The minimum absolute atomic E-state index is 0.488. The monoisotopic (exact) mass is 322 g/mol. The number of nitrogens with zero attached hydrogens (tertiary/aromatic N) is 4. The summed E-state index contributed by atoms with van der Waals surface area (Å²) in [7, 11) is 0. The quantitative estimate of drug-likeness (QED) is 0.721. The van der Waals surface area contributed by atoms with Crippen LogP contribution >= 0.6 is 0 Å². The second-order valence-corrected chi connectivity index (χ2v) is 6.26.